The minimum Gasteiger partial charge on any atom is -0.310 e. The number of rotatable bonds is 7. The largest absolute Gasteiger partial charge is 0.310 e. The van der Waals surface area contributed by atoms with Crippen molar-refractivity contribution in [2.24, 2.45) is 0 Å². The third kappa shape index (κ3) is 6.45. The van der Waals surface area contributed by atoms with E-state index >= 15 is 0 Å². The Bertz CT molecular complexity index is 3440. The lowest BCUT2D eigenvalue weighted by atomic mass is 9.81. The highest BCUT2D eigenvalue weighted by Crippen LogP contribution is 2.53. The SMILES string of the molecule is CC1(C)c2ccccc2-c2ccc(-c3ccc(N(c4ccc(-c5ccc6ccccc6c5)cc4)c4ccc5c(c4)C(C)(C)c4cc(-c6ccc(-c7ccccc7)cc6)ccc4-5)cc3)cc21. The lowest BCUT2D eigenvalue weighted by molar-refractivity contribution is 0.660. The molecule has 310 valence electrons. The third-order valence-electron chi connectivity index (χ3n) is 14.5. The van der Waals surface area contributed by atoms with E-state index < -0.39 is 0 Å². The van der Waals surface area contributed by atoms with Crippen molar-refractivity contribution >= 4 is 27.8 Å². The first-order valence-electron chi connectivity index (χ1n) is 22.9. The highest BCUT2D eigenvalue weighted by Gasteiger charge is 2.37. The van der Waals surface area contributed by atoms with Crippen molar-refractivity contribution in [3.8, 4) is 66.8 Å². The number of hydrogen-bond acceptors (Lipinski definition) is 1. The van der Waals surface area contributed by atoms with Gasteiger partial charge in [-0.2, -0.15) is 0 Å². The Morgan fingerprint density at radius 1 is 0.246 bits per heavy atom. The fourth-order valence-corrected chi connectivity index (χ4v) is 10.8. The fourth-order valence-electron chi connectivity index (χ4n) is 10.8. The Morgan fingerprint density at radius 2 is 0.615 bits per heavy atom. The van der Waals surface area contributed by atoms with Gasteiger partial charge in [-0.25, -0.2) is 0 Å². The highest BCUT2D eigenvalue weighted by molar-refractivity contribution is 5.90. The molecule has 0 heterocycles. The first kappa shape index (κ1) is 38.9. The maximum absolute atomic E-state index is 2.44. The summed E-state index contributed by atoms with van der Waals surface area (Å²) in [5, 5.41) is 2.51. The number of nitrogens with zero attached hydrogens (tertiary/aromatic N) is 1. The van der Waals surface area contributed by atoms with Gasteiger partial charge in [-0.1, -0.05) is 198 Å². The van der Waals surface area contributed by atoms with E-state index in [0.29, 0.717) is 0 Å². The van der Waals surface area contributed by atoms with E-state index in [1.807, 2.05) is 0 Å². The van der Waals surface area contributed by atoms with Crippen LogP contribution in [0.2, 0.25) is 0 Å². The molecule has 12 rings (SSSR count). The van der Waals surface area contributed by atoms with Crippen LogP contribution >= 0.6 is 0 Å². The van der Waals surface area contributed by atoms with Gasteiger partial charge in [-0.05, 0) is 154 Å². The summed E-state index contributed by atoms with van der Waals surface area (Å²) < 4.78 is 0. The van der Waals surface area contributed by atoms with Crippen molar-refractivity contribution in [3.05, 3.63) is 247 Å². The van der Waals surface area contributed by atoms with Gasteiger partial charge in [-0.15, -0.1) is 0 Å². The number of fused-ring (bicyclic) bond motifs is 7. The predicted molar refractivity (Wildman–Crippen MR) is 276 cm³/mol. The molecule has 0 saturated heterocycles. The lowest BCUT2D eigenvalue weighted by Crippen LogP contribution is -2.16. The molecule has 1 heteroatoms. The second-order valence-corrected chi connectivity index (χ2v) is 19.0. The summed E-state index contributed by atoms with van der Waals surface area (Å²) in [6.07, 6.45) is 0. The van der Waals surface area contributed by atoms with Crippen LogP contribution in [0.25, 0.3) is 77.5 Å². The van der Waals surface area contributed by atoms with Crippen molar-refractivity contribution in [2.75, 3.05) is 4.90 Å². The summed E-state index contributed by atoms with van der Waals surface area (Å²) in [7, 11) is 0. The van der Waals surface area contributed by atoms with Gasteiger partial charge in [0.1, 0.15) is 0 Å². The molecule has 2 aliphatic carbocycles. The topological polar surface area (TPSA) is 3.24 Å². The molecule has 0 bridgehead atoms. The van der Waals surface area contributed by atoms with E-state index in [1.165, 1.54) is 99.8 Å². The molecule has 0 radical (unpaired) electrons. The molecule has 0 aliphatic heterocycles. The van der Waals surface area contributed by atoms with Crippen LogP contribution in [0.3, 0.4) is 0 Å². The van der Waals surface area contributed by atoms with Crippen LogP contribution < -0.4 is 4.90 Å². The van der Waals surface area contributed by atoms with Crippen LogP contribution in [0.1, 0.15) is 49.9 Å². The molecule has 0 fully saturated rings. The number of benzene rings is 10. The zero-order valence-electron chi connectivity index (χ0n) is 37.3. The third-order valence-corrected chi connectivity index (χ3v) is 14.5. The normalized spacial score (nSPS) is 13.8. The molecule has 65 heavy (non-hydrogen) atoms. The van der Waals surface area contributed by atoms with Crippen molar-refractivity contribution in [1.82, 2.24) is 0 Å². The number of hydrogen-bond donors (Lipinski definition) is 0. The molecule has 1 nitrogen and oxygen atoms in total. The Morgan fingerprint density at radius 3 is 1.22 bits per heavy atom. The molecule has 0 spiro atoms. The molecule has 0 aromatic heterocycles. The summed E-state index contributed by atoms with van der Waals surface area (Å²) in [5.41, 5.74) is 23.8. The summed E-state index contributed by atoms with van der Waals surface area (Å²) in [6.45, 7) is 9.48. The Kier molecular flexibility index (Phi) is 8.94. The first-order chi connectivity index (χ1) is 31.7. The van der Waals surface area contributed by atoms with Crippen molar-refractivity contribution in [2.45, 2.75) is 38.5 Å². The molecular formula is C64H49N. The minimum absolute atomic E-state index is 0.0472. The van der Waals surface area contributed by atoms with Crippen molar-refractivity contribution in [1.29, 1.82) is 0 Å². The summed E-state index contributed by atoms with van der Waals surface area (Å²) >= 11 is 0. The average Bonchev–Trinajstić information content (AvgIpc) is 3.73. The van der Waals surface area contributed by atoms with E-state index in [4.69, 9.17) is 0 Å². The predicted octanol–water partition coefficient (Wildman–Crippen LogP) is 17.6. The molecule has 0 unspecified atom stereocenters. The molecule has 10 aromatic carbocycles. The van der Waals surface area contributed by atoms with Crippen LogP contribution in [0.4, 0.5) is 17.1 Å². The Balaban J connectivity index is 0.911. The van der Waals surface area contributed by atoms with Crippen LogP contribution in [-0.2, 0) is 10.8 Å². The van der Waals surface area contributed by atoms with Gasteiger partial charge in [0.15, 0.2) is 0 Å². The van der Waals surface area contributed by atoms with Crippen molar-refractivity contribution in [3.63, 3.8) is 0 Å². The minimum atomic E-state index is -0.197. The van der Waals surface area contributed by atoms with Gasteiger partial charge in [0.2, 0.25) is 0 Å². The van der Waals surface area contributed by atoms with Crippen LogP contribution in [0, 0.1) is 0 Å². The van der Waals surface area contributed by atoms with Crippen molar-refractivity contribution < 1.29 is 0 Å². The zero-order valence-corrected chi connectivity index (χ0v) is 37.3. The van der Waals surface area contributed by atoms with Gasteiger partial charge in [0.25, 0.3) is 0 Å². The molecule has 0 amide bonds. The zero-order chi connectivity index (χ0) is 43.9. The highest BCUT2D eigenvalue weighted by atomic mass is 15.1. The molecule has 2 aliphatic rings. The summed E-state index contributed by atoms with van der Waals surface area (Å²) in [4.78, 5) is 2.43. The van der Waals surface area contributed by atoms with Gasteiger partial charge in [0.05, 0.1) is 0 Å². The van der Waals surface area contributed by atoms with Gasteiger partial charge >= 0.3 is 0 Å². The van der Waals surface area contributed by atoms with Gasteiger partial charge < -0.3 is 4.90 Å². The van der Waals surface area contributed by atoms with E-state index in [0.717, 1.165) is 17.1 Å². The van der Waals surface area contributed by atoms with Crippen LogP contribution in [0.15, 0.2) is 224 Å². The Labute approximate surface area is 383 Å². The van der Waals surface area contributed by atoms with Crippen LogP contribution in [0.5, 0.6) is 0 Å². The standard InChI is InChI=1S/C64H49N/c1-63(2)59-17-11-10-16-55(59)56-35-28-51(39-60(56)63)47-26-32-53(33-27-47)65(52-30-24-46(25-31-52)49-23-22-43-14-8-9-15-48(43)38-49)54-34-37-58-57-36-29-50(40-61(57)64(3,4)62(58)41-54)45-20-18-44(19-21-45)42-12-6-5-7-13-42/h5-41H,1-4H3. The van der Waals surface area contributed by atoms with E-state index in [9.17, 15) is 0 Å². The second kappa shape index (κ2) is 14.9. The van der Waals surface area contributed by atoms with Gasteiger partial charge in [0, 0.05) is 27.9 Å². The molecule has 0 saturated carbocycles. The maximum atomic E-state index is 2.44. The molecular weight excluding hydrogens is 783 g/mol. The summed E-state index contributed by atoms with van der Waals surface area (Å²) in [5.74, 6) is 0. The molecule has 10 aromatic rings. The second-order valence-electron chi connectivity index (χ2n) is 19.0. The fraction of sp³-hybridized carbons (Fsp3) is 0.0938. The smallest absolute Gasteiger partial charge is 0.0465 e. The molecule has 0 atom stereocenters. The van der Waals surface area contributed by atoms with Crippen LogP contribution in [-0.4, -0.2) is 0 Å². The number of anilines is 3. The first-order valence-corrected chi connectivity index (χ1v) is 22.9. The van der Waals surface area contributed by atoms with Gasteiger partial charge in [-0.3, -0.25) is 0 Å². The van der Waals surface area contributed by atoms with E-state index in [1.54, 1.807) is 0 Å². The maximum Gasteiger partial charge on any atom is 0.0465 e. The average molecular weight is 832 g/mol. The lowest BCUT2D eigenvalue weighted by Gasteiger charge is -2.28. The molecule has 0 N–H and O–H groups in total. The summed E-state index contributed by atoms with van der Waals surface area (Å²) in [6, 6.07) is 83.3. The van der Waals surface area contributed by atoms with E-state index in [2.05, 4.69) is 257 Å². The van der Waals surface area contributed by atoms with E-state index in [-0.39, 0.29) is 10.8 Å². The quantitative estimate of drug-likeness (QED) is 0.155. The Hall–Kier alpha value is -7.74. The monoisotopic (exact) mass is 831 g/mol.